The summed E-state index contributed by atoms with van der Waals surface area (Å²) in [6, 6.07) is 11.6. The second kappa shape index (κ2) is 5.25. The highest BCUT2D eigenvalue weighted by Gasteiger charge is 2.00. The topological polar surface area (TPSA) is 34.5 Å². The van der Waals surface area contributed by atoms with Crippen molar-refractivity contribution in [3.05, 3.63) is 53.9 Å². The van der Waals surface area contributed by atoms with E-state index in [4.69, 9.17) is 4.74 Å². The molecule has 0 aliphatic heterocycles. The molecule has 0 atom stereocenters. The Balaban J connectivity index is 2.29. The van der Waals surface area contributed by atoms with Crippen LogP contribution in [0.3, 0.4) is 0 Å². The van der Waals surface area contributed by atoms with Gasteiger partial charge in [0.1, 0.15) is 11.4 Å². The van der Waals surface area contributed by atoms with Crippen LogP contribution in [0, 0.1) is 6.92 Å². The van der Waals surface area contributed by atoms with E-state index >= 15 is 0 Å². The van der Waals surface area contributed by atoms with Gasteiger partial charge in [-0.3, -0.25) is 9.98 Å². The van der Waals surface area contributed by atoms with E-state index in [9.17, 15) is 0 Å². The fourth-order valence-electron chi connectivity index (χ4n) is 1.49. The molecule has 1 aromatic heterocycles. The maximum Gasteiger partial charge on any atom is 0.144 e. The number of aryl methyl sites for hydroxylation is 1. The average Bonchev–Trinajstić information content (AvgIpc) is 2.38. The van der Waals surface area contributed by atoms with Gasteiger partial charge in [0, 0.05) is 6.20 Å². The molecule has 1 aromatic carbocycles. The van der Waals surface area contributed by atoms with Crippen LogP contribution in [0.4, 0.5) is 5.69 Å². The first-order valence-corrected chi connectivity index (χ1v) is 5.39. The smallest absolute Gasteiger partial charge is 0.144 e. The summed E-state index contributed by atoms with van der Waals surface area (Å²) in [6.45, 7) is 2.03. The lowest BCUT2D eigenvalue weighted by Gasteiger charge is -2.04. The second-order valence-electron chi connectivity index (χ2n) is 3.69. The van der Waals surface area contributed by atoms with Crippen molar-refractivity contribution in [2.24, 2.45) is 4.99 Å². The number of hydrogen-bond acceptors (Lipinski definition) is 3. The zero-order chi connectivity index (χ0) is 12.1. The third kappa shape index (κ3) is 2.91. The van der Waals surface area contributed by atoms with Crippen LogP contribution >= 0.6 is 0 Å². The maximum atomic E-state index is 5.25. The monoisotopic (exact) mass is 226 g/mol. The molecule has 2 rings (SSSR count). The van der Waals surface area contributed by atoms with Crippen LogP contribution in [0.2, 0.25) is 0 Å². The summed E-state index contributed by atoms with van der Waals surface area (Å²) in [5.74, 6) is 0.766. The number of hydrogen-bond donors (Lipinski definition) is 0. The summed E-state index contributed by atoms with van der Waals surface area (Å²) < 4.78 is 5.25. The predicted octanol–water partition coefficient (Wildman–Crippen LogP) is 3.15. The van der Waals surface area contributed by atoms with Crippen molar-refractivity contribution in [1.82, 2.24) is 4.98 Å². The average molecular weight is 226 g/mol. The zero-order valence-corrected chi connectivity index (χ0v) is 9.92. The summed E-state index contributed by atoms with van der Waals surface area (Å²) in [5, 5.41) is 0. The van der Waals surface area contributed by atoms with Gasteiger partial charge in [0.25, 0.3) is 0 Å². The number of aliphatic imine (C=N–C) groups is 1. The molecule has 0 saturated heterocycles. The number of pyridine rings is 1. The summed E-state index contributed by atoms with van der Waals surface area (Å²) >= 11 is 0. The van der Waals surface area contributed by atoms with Crippen LogP contribution in [0.5, 0.6) is 5.75 Å². The maximum absolute atomic E-state index is 5.25. The minimum absolute atomic E-state index is 0.766. The fraction of sp³-hybridized carbons (Fsp3) is 0.143. The first-order valence-electron chi connectivity index (χ1n) is 5.39. The highest BCUT2D eigenvalue weighted by molar-refractivity contribution is 5.80. The third-order valence-electron chi connectivity index (χ3n) is 2.36. The molecule has 3 nitrogen and oxygen atoms in total. The Bertz CT molecular complexity index is 521. The Kier molecular flexibility index (Phi) is 3.50. The van der Waals surface area contributed by atoms with Crippen molar-refractivity contribution >= 4 is 11.9 Å². The SMILES string of the molecule is COc1ccc(C)cc1N=Cc1ccccn1. The van der Waals surface area contributed by atoms with Crippen molar-refractivity contribution in [2.75, 3.05) is 7.11 Å². The van der Waals surface area contributed by atoms with Crippen LogP contribution in [0.25, 0.3) is 0 Å². The molecule has 0 amide bonds. The Morgan fingerprint density at radius 2 is 2.12 bits per heavy atom. The standard InChI is InChI=1S/C14H14N2O/c1-11-6-7-14(17-2)13(9-11)16-10-12-5-3-4-8-15-12/h3-10H,1-2H3. The van der Waals surface area contributed by atoms with E-state index in [0.717, 1.165) is 22.7 Å². The minimum atomic E-state index is 0.766. The molecular weight excluding hydrogens is 212 g/mol. The number of rotatable bonds is 3. The number of aromatic nitrogens is 1. The first kappa shape index (κ1) is 11.3. The van der Waals surface area contributed by atoms with Gasteiger partial charge < -0.3 is 4.74 Å². The van der Waals surface area contributed by atoms with Gasteiger partial charge in [0.2, 0.25) is 0 Å². The van der Waals surface area contributed by atoms with Crippen molar-refractivity contribution < 1.29 is 4.74 Å². The molecular formula is C14H14N2O. The zero-order valence-electron chi connectivity index (χ0n) is 9.92. The lowest BCUT2D eigenvalue weighted by atomic mass is 10.2. The fourth-order valence-corrected chi connectivity index (χ4v) is 1.49. The lowest BCUT2D eigenvalue weighted by molar-refractivity contribution is 0.416. The molecule has 0 bridgehead atoms. The molecule has 0 aliphatic rings. The van der Waals surface area contributed by atoms with Crippen LogP contribution < -0.4 is 4.74 Å². The molecule has 0 spiro atoms. The third-order valence-corrected chi connectivity index (χ3v) is 2.36. The Labute approximate surface area is 101 Å². The van der Waals surface area contributed by atoms with Crippen LogP contribution in [-0.4, -0.2) is 18.3 Å². The highest BCUT2D eigenvalue weighted by Crippen LogP contribution is 2.27. The Hall–Kier alpha value is -2.16. The van der Waals surface area contributed by atoms with Crippen molar-refractivity contribution in [1.29, 1.82) is 0 Å². The van der Waals surface area contributed by atoms with Crippen LogP contribution in [-0.2, 0) is 0 Å². The molecule has 0 N–H and O–H groups in total. The molecule has 0 aliphatic carbocycles. The summed E-state index contributed by atoms with van der Waals surface area (Å²) in [7, 11) is 1.64. The predicted molar refractivity (Wildman–Crippen MR) is 69.2 cm³/mol. The Morgan fingerprint density at radius 1 is 1.24 bits per heavy atom. The first-order chi connectivity index (χ1) is 8.29. The van der Waals surface area contributed by atoms with E-state index < -0.39 is 0 Å². The highest BCUT2D eigenvalue weighted by atomic mass is 16.5. The summed E-state index contributed by atoms with van der Waals surface area (Å²) in [5.41, 5.74) is 2.80. The van der Waals surface area contributed by atoms with Gasteiger partial charge in [-0.2, -0.15) is 0 Å². The normalized spacial score (nSPS) is 10.7. The van der Waals surface area contributed by atoms with E-state index in [1.165, 1.54) is 0 Å². The molecule has 1 heterocycles. The van der Waals surface area contributed by atoms with Gasteiger partial charge in [0.15, 0.2) is 0 Å². The lowest BCUT2D eigenvalue weighted by Crippen LogP contribution is -1.87. The van der Waals surface area contributed by atoms with Gasteiger partial charge >= 0.3 is 0 Å². The van der Waals surface area contributed by atoms with Gasteiger partial charge in [-0.1, -0.05) is 12.1 Å². The number of ether oxygens (including phenoxy) is 1. The second-order valence-corrected chi connectivity index (χ2v) is 3.69. The Morgan fingerprint density at radius 3 is 2.82 bits per heavy atom. The molecule has 17 heavy (non-hydrogen) atoms. The molecule has 0 radical (unpaired) electrons. The molecule has 3 heteroatoms. The molecule has 86 valence electrons. The quantitative estimate of drug-likeness (QED) is 0.753. The van der Waals surface area contributed by atoms with Gasteiger partial charge in [-0.05, 0) is 36.8 Å². The number of methoxy groups -OCH3 is 1. The van der Waals surface area contributed by atoms with E-state index in [0.29, 0.717) is 0 Å². The van der Waals surface area contributed by atoms with E-state index in [1.807, 2.05) is 43.3 Å². The number of benzene rings is 1. The van der Waals surface area contributed by atoms with Gasteiger partial charge in [-0.15, -0.1) is 0 Å². The van der Waals surface area contributed by atoms with E-state index in [2.05, 4.69) is 9.98 Å². The van der Waals surface area contributed by atoms with Crippen LogP contribution in [0.1, 0.15) is 11.3 Å². The molecule has 2 aromatic rings. The van der Waals surface area contributed by atoms with E-state index in [-0.39, 0.29) is 0 Å². The van der Waals surface area contributed by atoms with Crippen LogP contribution in [0.15, 0.2) is 47.6 Å². The van der Waals surface area contributed by atoms with Gasteiger partial charge in [-0.25, -0.2) is 0 Å². The minimum Gasteiger partial charge on any atom is -0.494 e. The van der Waals surface area contributed by atoms with Crippen molar-refractivity contribution in [2.45, 2.75) is 6.92 Å². The molecule has 0 saturated carbocycles. The number of nitrogens with zero attached hydrogens (tertiary/aromatic N) is 2. The molecule has 0 unspecified atom stereocenters. The van der Waals surface area contributed by atoms with E-state index in [1.54, 1.807) is 19.5 Å². The molecule has 0 fully saturated rings. The summed E-state index contributed by atoms with van der Waals surface area (Å²) in [6.07, 6.45) is 3.48. The van der Waals surface area contributed by atoms with Crippen molar-refractivity contribution in [3.8, 4) is 5.75 Å². The van der Waals surface area contributed by atoms with Crippen molar-refractivity contribution in [3.63, 3.8) is 0 Å². The van der Waals surface area contributed by atoms with Gasteiger partial charge in [0.05, 0.1) is 19.0 Å². The summed E-state index contributed by atoms with van der Waals surface area (Å²) in [4.78, 5) is 8.58. The largest absolute Gasteiger partial charge is 0.494 e.